The molecule has 1 fully saturated rings. The summed E-state index contributed by atoms with van der Waals surface area (Å²) in [6.07, 6.45) is -3.08. The van der Waals surface area contributed by atoms with Crippen molar-refractivity contribution >= 4 is 16.9 Å². The lowest BCUT2D eigenvalue weighted by Crippen LogP contribution is -2.33. The van der Waals surface area contributed by atoms with E-state index in [9.17, 15) is 20.1 Å². The summed E-state index contributed by atoms with van der Waals surface area (Å²) in [6.45, 7) is 3.20. The Bertz CT molecular complexity index is 989. The van der Waals surface area contributed by atoms with Gasteiger partial charge >= 0.3 is 0 Å². The lowest BCUT2D eigenvalue weighted by Gasteiger charge is -2.16. The summed E-state index contributed by atoms with van der Waals surface area (Å²) in [7, 11) is 0. The van der Waals surface area contributed by atoms with Gasteiger partial charge in [0.25, 0.3) is 5.56 Å². The van der Waals surface area contributed by atoms with E-state index in [1.807, 2.05) is 6.92 Å². The van der Waals surface area contributed by atoms with Gasteiger partial charge in [-0.15, -0.1) is 0 Å². The molecule has 4 heterocycles. The molecule has 4 rings (SSSR count). The van der Waals surface area contributed by atoms with Crippen molar-refractivity contribution in [2.24, 2.45) is 0 Å². The summed E-state index contributed by atoms with van der Waals surface area (Å²) >= 11 is 0. The van der Waals surface area contributed by atoms with Crippen molar-refractivity contribution in [2.75, 3.05) is 6.61 Å². The molecule has 0 spiro atoms. The van der Waals surface area contributed by atoms with Crippen LogP contribution in [0.2, 0.25) is 0 Å². The number of imidazole rings is 2. The number of aromatic amines is 1. The number of fused-ring (bicyclic) bond motifs is 2. The Morgan fingerprint density at radius 3 is 2.75 bits per heavy atom. The number of aryl methyl sites for hydroxylation is 2. The number of hydrogen-bond acceptors (Lipinski definition) is 7. The van der Waals surface area contributed by atoms with E-state index >= 15 is 0 Å². The van der Waals surface area contributed by atoms with Crippen molar-refractivity contribution in [2.45, 2.75) is 38.4 Å². The van der Waals surface area contributed by atoms with Crippen LogP contribution in [0.5, 0.6) is 0 Å². The van der Waals surface area contributed by atoms with Crippen LogP contribution in [0.4, 0.5) is 0 Å². The highest BCUT2D eigenvalue weighted by atomic mass is 16.6. The first-order valence-corrected chi connectivity index (χ1v) is 7.51. The SMILES string of the molecule is Cc1[nH]c2nc3c(ncn3[C@@H]3O[C@H](CO)[C@H](O)[C@@H]3O)c(=O)n2c1C. The van der Waals surface area contributed by atoms with Crippen molar-refractivity contribution in [1.82, 2.24) is 23.9 Å². The van der Waals surface area contributed by atoms with Gasteiger partial charge in [0.1, 0.15) is 18.3 Å². The first-order chi connectivity index (χ1) is 11.4. The van der Waals surface area contributed by atoms with Crippen LogP contribution in [0.15, 0.2) is 11.1 Å². The van der Waals surface area contributed by atoms with Crippen molar-refractivity contribution in [3.63, 3.8) is 0 Å². The average Bonchev–Trinajstić information content (AvgIpc) is 3.18. The molecule has 0 unspecified atom stereocenters. The molecular weight excluding hydrogens is 318 g/mol. The lowest BCUT2D eigenvalue weighted by molar-refractivity contribution is -0.0511. The Kier molecular flexibility index (Phi) is 3.25. The van der Waals surface area contributed by atoms with Crippen molar-refractivity contribution < 1.29 is 20.1 Å². The van der Waals surface area contributed by atoms with E-state index in [1.54, 1.807) is 6.92 Å². The van der Waals surface area contributed by atoms with Gasteiger partial charge in [0, 0.05) is 11.4 Å². The molecule has 1 aliphatic heterocycles. The van der Waals surface area contributed by atoms with Gasteiger partial charge in [-0.2, -0.15) is 4.98 Å². The maximum atomic E-state index is 12.7. The first-order valence-electron chi connectivity index (χ1n) is 7.51. The molecule has 0 bridgehead atoms. The number of hydrogen-bond donors (Lipinski definition) is 4. The van der Waals surface area contributed by atoms with Gasteiger partial charge in [-0.05, 0) is 13.8 Å². The number of aliphatic hydroxyl groups is 3. The fourth-order valence-corrected chi connectivity index (χ4v) is 3.09. The smallest absolute Gasteiger partial charge is 0.287 e. The molecule has 4 atom stereocenters. The van der Waals surface area contributed by atoms with E-state index in [0.717, 1.165) is 11.4 Å². The summed E-state index contributed by atoms with van der Waals surface area (Å²) in [5.74, 6) is 0.357. The summed E-state index contributed by atoms with van der Waals surface area (Å²) in [5.41, 5.74) is 1.59. The zero-order chi connectivity index (χ0) is 17.2. The third-order valence-electron chi connectivity index (χ3n) is 4.57. The Labute approximate surface area is 135 Å². The minimum absolute atomic E-state index is 0.132. The number of aliphatic hydroxyl groups excluding tert-OH is 3. The quantitative estimate of drug-likeness (QED) is 0.452. The van der Waals surface area contributed by atoms with Crippen molar-refractivity contribution in [1.29, 1.82) is 0 Å². The topological polar surface area (TPSA) is 138 Å². The Hall–Kier alpha value is -2.27. The lowest BCUT2D eigenvalue weighted by atomic mass is 10.1. The number of nitrogens with one attached hydrogen (secondary N) is 1. The van der Waals surface area contributed by atoms with Crippen molar-refractivity contribution in [3.05, 3.63) is 28.1 Å². The second-order valence-corrected chi connectivity index (χ2v) is 5.96. The molecule has 3 aromatic heterocycles. The van der Waals surface area contributed by atoms with Crippen LogP contribution in [0, 0.1) is 13.8 Å². The second kappa shape index (κ2) is 5.11. The van der Waals surface area contributed by atoms with E-state index < -0.39 is 31.1 Å². The maximum Gasteiger partial charge on any atom is 0.287 e. The highest BCUT2D eigenvalue weighted by Gasteiger charge is 2.44. The maximum absolute atomic E-state index is 12.7. The fraction of sp³-hybridized carbons (Fsp3) is 0.500. The number of H-pyrrole nitrogens is 1. The molecule has 1 aliphatic rings. The van der Waals surface area contributed by atoms with Gasteiger partial charge in [0.15, 0.2) is 17.4 Å². The minimum atomic E-state index is -1.27. The van der Waals surface area contributed by atoms with Crippen LogP contribution in [-0.2, 0) is 4.74 Å². The molecule has 10 nitrogen and oxygen atoms in total. The number of rotatable bonds is 2. The Morgan fingerprint density at radius 1 is 1.33 bits per heavy atom. The zero-order valence-electron chi connectivity index (χ0n) is 13.0. The Balaban J connectivity index is 1.92. The molecule has 0 saturated carbocycles. The van der Waals surface area contributed by atoms with Crippen LogP contribution in [0.1, 0.15) is 17.6 Å². The third-order valence-corrected chi connectivity index (χ3v) is 4.57. The number of nitrogens with zero attached hydrogens (tertiary/aromatic N) is 4. The molecule has 1 saturated heterocycles. The Morgan fingerprint density at radius 2 is 2.08 bits per heavy atom. The normalized spacial score (nSPS) is 27.5. The monoisotopic (exact) mass is 335 g/mol. The highest BCUT2D eigenvalue weighted by Crippen LogP contribution is 2.30. The summed E-state index contributed by atoms with van der Waals surface area (Å²) in [6, 6.07) is 0. The largest absolute Gasteiger partial charge is 0.394 e. The molecule has 10 heteroatoms. The van der Waals surface area contributed by atoms with Crippen LogP contribution < -0.4 is 5.56 Å². The molecule has 3 aromatic rings. The van der Waals surface area contributed by atoms with E-state index in [2.05, 4.69) is 15.0 Å². The summed E-state index contributed by atoms with van der Waals surface area (Å²) in [4.78, 5) is 24.2. The van der Waals surface area contributed by atoms with Gasteiger partial charge in [0.05, 0.1) is 12.9 Å². The van der Waals surface area contributed by atoms with Crippen molar-refractivity contribution in [3.8, 4) is 0 Å². The summed E-state index contributed by atoms with van der Waals surface area (Å²) in [5, 5.41) is 29.3. The van der Waals surface area contributed by atoms with Crippen LogP contribution in [0.3, 0.4) is 0 Å². The van der Waals surface area contributed by atoms with E-state index in [1.165, 1.54) is 15.3 Å². The van der Waals surface area contributed by atoms with E-state index in [0.29, 0.717) is 5.78 Å². The molecule has 24 heavy (non-hydrogen) atoms. The first kappa shape index (κ1) is 15.3. The predicted octanol–water partition coefficient (Wildman–Crippen LogP) is -1.40. The van der Waals surface area contributed by atoms with Gasteiger partial charge in [-0.1, -0.05) is 0 Å². The van der Waals surface area contributed by atoms with E-state index in [4.69, 9.17) is 4.74 Å². The van der Waals surface area contributed by atoms with E-state index in [-0.39, 0.29) is 16.7 Å². The molecule has 128 valence electrons. The molecule has 0 radical (unpaired) electrons. The standard InChI is InChI=1S/C14H17N5O5/c1-5-6(2)19-12(23)8-11(17-14(19)16-5)18(4-15-8)13-10(22)9(21)7(3-20)24-13/h4,7,9-10,13,20-22H,3H2,1-2H3,(H,16,17)/t7-,9+,10+,13-/m1/s1. The average molecular weight is 335 g/mol. The minimum Gasteiger partial charge on any atom is -0.394 e. The van der Waals surface area contributed by atoms with Crippen LogP contribution in [0.25, 0.3) is 16.9 Å². The number of aromatic nitrogens is 5. The predicted molar refractivity (Wildman–Crippen MR) is 81.6 cm³/mol. The van der Waals surface area contributed by atoms with Gasteiger partial charge < -0.3 is 25.0 Å². The molecule has 0 aliphatic carbocycles. The number of ether oxygens (including phenoxy) is 1. The fourth-order valence-electron chi connectivity index (χ4n) is 3.09. The highest BCUT2D eigenvalue weighted by molar-refractivity contribution is 5.72. The van der Waals surface area contributed by atoms with Crippen LogP contribution in [-0.4, -0.2) is 64.2 Å². The third kappa shape index (κ3) is 1.88. The second-order valence-electron chi connectivity index (χ2n) is 5.96. The molecular formula is C14H17N5O5. The van der Waals surface area contributed by atoms with Gasteiger partial charge in [0.2, 0.25) is 5.78 Å². The molecule has 0 aromatic carbocycles. The molecule has 4 N–H and O–H groups in total. The zero-order valence-corrected chi connectivity index (χ0v) is 13.0. The van der Waals surface area contributed by atoms with Crippen LogP contribution >= 0.6 is 0 Å². The summed E-state index contributed by atoms with van der Waals surface area (Å²) < 4.78 is 8.31. The van der Waals surface area contributed by atoms with Gasteiger partial charge in [-0.3, -0.25) is 9.36 Å². The van der Waals surface area contributed by atoms with Gasteiger partial charge in [-0.25, -0.2) is 9.38 Å². The molecule has 0 amide bonds.